The van der Waals surface area contributed by atoms with Gasteiger partial charge in [0.25, 0.3) is 0 Å². The van der Waals surface area contributed by atoms with Crippen LogP contribution < -0.4 is 5.43 Å². The molecule has 0 saturated heterocycles. The molecule has 0 aromatic heterocycles. The highest BCUT2D eigenvalue weighted by molar-refractivity contribution is 5.74. The highest BCUT2D eigenvalue weighted by Gasteiger charge is 2.51. The van der Waals surface area contributed by atoms with Crippen LogP contribution in [0, 0.1) is 17.3 Å². The molecule has 0 heterocycles. The molecule has 2 bridgehead atoms. The number of nitrogens with zero attached hydrogens (tertiary/aromatic N) is 1. The third-order valence-electron chi connectivity index (χ3n) is 5.05. The third kappa shape index (κ3) is 4.02. The Morgan fingerprint density at radius 3 is 2.38 bits per heavy atom. The van der Waals surface area contributed by atoms with Crippen LogP contribution in [0.2, 0.25) is 0 Å². The van der Waals surface area contributed by atoms with Gasteiger partial charge in [0.05, 0.1) is 18.8 Å². The second kappa shape index (κ2) is 7.03. The fraction of sp³-hybridized carbons (Fsp3) is 0.778. The number of carbonyl (C=O) groups excluding carboxylic acids is 2. The first-order valence-electron chi connectivity index (χ1n) is 8.75. The Hall–Kier alpha value is -1.72. The SMILES string of the molecule is CC(C)OC(=O)NN(CC1=CCC2CC1C2(C)C)C(=O)OC(C)C. The van der Waals surface area contributed by atoms with E-state index >= 15 is 0 Å². The van der Waals surface area contributed by atoms with Crippen molar-refractivity contribution in [1.82, 2.24) is 10.4 Å². The topological polar surface area (TPSA) is 67.9 Å². The fourth-order valence-corrected chi connectivity index (χ4v) is 3.60. The monoisotopic (exact) mass is 338 g/mol. The van der Waals surface area contributed by atoms with E-state index in [4.69, 9.17) is 9.47 Å². The van der Waals surface area contributed by atoms with Crippen LogP contribution >= 0.6 is 0 Å². The summed E-state index contributed by atoms with van der Waals surface area (Å²) in [7, 11) is 0. The van der Waals surface area contributed by atoms with Crippen molar-refractivity contribution in [1.29, 1.82) is 0 Å². The fourth-order valence-electron chi connectivity index (χ4n) is 3.60. The molecule has 0 spiro atoms. The highest BCUT2D eigenvalue weighted by Crippen LogP contribution is 2.59. The minimum Gasteiger partial charge on any atom is -0.446 e. The summed E-state index contributed by atoms with van der Waals surface area (Å²) in [6, 6.07) is 0. The number of hydrazine groups is 1. The normalized spacial score (nSPS) is 24.1. The minimum absolute atomic E-state index is 0.256. The summed E-state index contributed by atoms with van der Waals surface area (Å²) < 4.78 is 10.3. The molecule has 6 heteroatoms. The molecule has 1 N–H and O–H groups in total. The van der Waals surface area contributed by atoms with Gasteiger partial charge in [0, 0.05) is 0 Å². The van der Waals surface area contributed by atoms with Gasteiger partial charge in [0.2, 0.25) is 0 Å². The van der Waals surface area contributed by atoms with Crippen LogP contribution in [0.1, 0.15) is 54.4 Å². The number of hydrogen-bond donors (Lipinski definition) is 1. The number of hydrogen-bond acceptors (Lipinski definition) is 4. The molecule has 1 saturated carbocycles. The van der Waals surface area contributed by atoms with Crippen LogP contribution in [0.5, 0.6) is 0 Å². The predicted octanol–water partition coefficient (Wildman–Crippen LogP) is 3.88. The van der Waals surface area contributed by atoms with Crippen LogP contribution in [0.15, 0.2) is 11.6 Å². The Labute approximate surface area is 144 Å². The van der Waals surface area contributed by atoms with E-state index in [-0.39, 0.29) is 17.6 Å². The molecule has 0 aromatic carbocycles. The number of fused-ring (bicyclic) bond motifs is 1. The summed E-state index contributed by atoms with van der Waals surface area (Å²) in [5, 5.41) is 1.23. The first-order valence-corrected chi connectivity index (χ1v) is 8.75. The van der Waals surface area contributed by atoms with Crippen LogP contribution in [-0.2, 0) is 9.47 Å². The average Bonchev–Trinajstić information content (AvgIpc) is 2.44. The maximum absolute atomic E-state index is 12.3. The van der Waals surface area contributed by atoms with Gasteiger partial charge in [-0.25, -0.2) is 20.0 Å². The highest BCUT2D eigenvalue weighted by atomic mass is 16.6. The molecule has 136 valence electrons. The largest absolute Gasteiger partial charge is 0.446 e. The zero-order valence-corrected chi connectivity index (χ0v) is 15.6. The Bertz CT molecular complexity index is 525. The molecule has 0 aromatic rings. The summed E-state index contributed by atoms with van der Waals surface area (Å²) in [6.45, 7) is 12.0. The molecule has 6 nitrogen and oxygen atoms in total. The molecule has 0 radical (unpaired) electrons. The van der Waals surface area contributed by atoms with E-state index in [1.54, 1.807) is 27.7 Å². The van der Waals surface area contributed by atoms with E-state index in [1.807, 2.05) is 0 Å². The maximum Gasteiger partial charge on any atom is 0.429 e. The number of amides is 2. The second-order valence-corrected chi connectivity index (χ2v) is 7.91. The van der Waals surface area contributed by atoms with Gasteiger partial charge in [-0.2, -0.15) is 0 Å². The number of allylic oxidation sites excluding steroid dienone is 1. The average molecular weight is 338 g/mol. The molecule has 2 amide bonds. The van der Waals surface area contributed by atoms with Crippen LogP contribution in [0.25, 0.3) is 0 Å². The lowest BCUT2D eigenvalue weighted by Crippen LogP contribution is -2.53. The van der Waals surface area contributed by atoms with Crippen molar-refractivity contribution in [3.8, 4) is 0 Å². The summed E-state index contributed by atoms with van der Waals surface area (Å²) in [4.78, 5) is 24.2. The summed E-state index contributed by atoms with van der Waals surface area (Å²) in [5.74, 6) is 1.18. The molecule has 0 aliphatic heterocycles. The van der Waals surface area contributed by atoms with Gasteiger partial charge in [-0.1, -0.05) is 19.9 Å². The Morgan fingerprint density at radius 1 is 1.25 bits per heavy atom. The molecule has 24 heavy (non-hydrogen) atoms. The minimum atomic E-state index is -0.645. The van der Waals surface area contributed by atoms with Crippen molar-refractivity contribution >= 4 is 12.2 Å². The van der Waals surface area contributed by atoms with Crippen molar-refractivity contribution in [3.05, 3.63) is 11.6 Å². The Kier molecular flexibility index (Phi) is 5.45. The molecule has 3 aliphatic rings. The van der Waals surface area contributed by atoms with Gasteiger partial charge in [-0.05, 0) is 63.4 Å². The molecular weight excluding hydrogens is 308 g/mol. The summed E-state index contributed by atoms with van der Waals surface area (Å²) in [6.07, 6.45) is 2.67. The van der Waals surface area contributed by atoms with Gasteiger partial charge < -0.3 is 9.47 Å². The van der Waals surface area contributed by atoms with Crippen LogP contribution in [0.3, 0.4) is 0 Å². The van der Waals surface area contributed by atoms with Crippen molar-refractivity contribution in [2.75, 3.05) is 6.54 Å². The first kappa shape index (κ1) is 18.6. The van der Waals surface area contributed by atoms with Crippen LogP contribution in [-0.4, -0.2) is 35.9 Å². The van der Waals surface area contributed by atoms with E-state index in [0.29, 0.717) is 12.5 Å². The number of rotatable bonds is 4. The first-order chi connectivity index (χ1) is 11.1. The second-order valence-electron chi connectivity index (χ2n) is 7.91. The molecule has 1 fully saturated rings. The van der Waals surface area contributed by atoms with Gasteiger partial charge in [0.1, 0.15) is 0 Å². The van der Waals surface area contributed by atoms with E-state index in [9.17, 15) is 9.59 Å². The number of nitrogens with one attached hydrogen (secondary N) is 1. The van der Waals surface area contributed by atoms with E-state index in [2.05, 4.69) is 25.3 Å². The molecule has 2 unspecified atom stereocenters. The zero-order chi connectivity index (χ0) is 18.1. The lowest BCUT2D eigenvalue weighted by Gasteiger charge is -2.56. The third-order valence-corrected chi connectivity index (χ3v) is 5.05. The van der Waals surface area contributed by atoms with E-state index in [1.165, 1.54) is 10.6 Å². The smallest absolute Gasteiger partial charge is 0.429 e. The van der Waals surface area contributed by atoms with Gasteiger partial charge in [-0.3, -0.25) is 0 Å². The summed E-state index contributed by atoms with van der Waals surface area (Å²) >= 11 is 0. The number of carbonyl (C=O) groups is 2. The van der Waals surface area contributed by atoms with Gasteiger partial charge in [0.15, 0.2) is 0 Å². The van der Waals surface area contributed by atoms with Crippen molar-refractivity contribution in [3.63, 3.8) is 0 Å². The predicted molar refractivity (Wildman–Crippen MR) is 91.2 cm³/mol. The zero-order valence-electron chi connectivity index (χ0n) is 15.6. The van der Waals surface area contributed by atoms with E-state index < -0.39 is 12.2 Å². The maximum atomic E-state index is 12.3. The lowest BCUT2D eigenvalue weighted by molar-refractivity contribution is -0.0135. The van der Waals surface area contributed by atoms with Gasteiger partial charge >= 0.3 is 12.2 Å². The van der Waals surface area contributed by atoms with Crippen LogP contribution in [0.4, 0.5) is 9.59 Å². The molecule has 3 aliphatic carbocycles. The molecular formula is C18H30N2O4. The quantitative estimate of drug-likeness (QED) is 0.624. The summed E-state index contributed by atoms with van der Waals surface area (Å²) in [5.41, 5.74) is 3.97. The standard InChI is InChI=1S/C18H30N2O4/c1-11(2)23-16(21)19-20(17(22)24-12(3)4)10-13-7-8-14-9-15(13)18(14,5)6/h7,11-12,14-15H,8-10H2,1-6H3,(H,19,21). The van der Waals surface area contributed by atoms with Crippen molar-refractivity contribution < 1.29 is 19.1 Å². The molecule has 3 rings (SSSR count). The van der Waals surface area contributed by atoms with Gasteiger partial charge in [-0.15, -0.1) is 0 Å². The van der Waals surface area contributed by atoms with Crippen molar-refractivity contribution in [2.24, 2.45) is 17.3 Å². The van der Waals surface area contributed by atoms with Crippen molar-refractivity contribution in [2.45, 2.75) is 66.6 Å². The molecule has 2 atom stereocenters. The van der Waals surface area contributed by atoms with E-state index in [0.717, 1.165) is 18.8 Å². The number of ether oxygens (including phenoxy) is 2. The Morgan fingerprint density at radius 2 is 1.88 bits per heavy atom. The Balaban J connectivity index is 2.06. The lowest BCUT2D eigenvalue weighted by atomic mass is 9.49.